The Labute approximate surface area is 107 Å². The fourth-order valence-corrected chi connectivity index (χ4v) is 1.43. The Morgan fingerprint density at radius 2 is 1.89 bits per heavy atom. The van der Waals surface area contributed by atoms with Crippen LogP contribution in [0.25, 0.3) is 0 Å². The highest BCUT2D eigenvalue weighted by molar-refractivity contribution is 5.89. The Bertz CT molecular complexity index is 273. The zero-order valence-electron chi connectivity index (χ0n) is 10.8. The summed E-state index contributed by atoms with van der Waals surface area (Å²) in [7, 11) is 0. The van der Waals surface area contributed by atoms with Crippen molar-refractivity contribution in [2.24, 2.45) is 0 Å². The highest BCUT2D eigenvalue weighted by Crippen LogP contribution is 2.07. The molecule has 5 nitrogen and oxygen atoms in total. The van der Waals surface area contributed by atoms with E-state index >= 15 is 0 Å². The molecule has 0 amide bonds. The summed E-state index contributed by atoms with van der Waals surface area (Å²) in [5.41, 5.74) is 0. The zero-order valence-corrected chi connectivity index (χ0v) is 10.8. The van der Waals surface area contributed by atoms with E-state index in [1.54, 1.807) is 0 Å². The van der Waals surface area contributed by atoms with Gasteiger partial charge in [-0.25, -0.2) is 4.79 Å². The highest BCUT2D eigenvalue weighted by Gasteiger charge is 2.06. The Balaban J connectivity index is 3.54. The van der Waals surface area contributed by atoms with E-state index in [2.05, 4.69) is 11.7 Å². The first-order valence-electron chi connectivity index (χ1n) is 6.30. The fraction of sp³-hybridized carbons (Fsp3) is 0.692. The molecule has 0 aromatic heterocycles. The molecule has 1 N–H and O–H groups in total. The Kier molecular flexibility index (Phi) is 9.96. The van der Waals surface area contributed by atoms with Crippen molar-refractivity contribution in [3.05, 3.63) is 12.2 Å². The lowest BCUT2D eigenvalue weighted by atomic mass is 10.1. The first-order chi connectivity index (χ1) is 8.56. The van der Waals surface area contributed by atoms with Gasteiger partial charge in [0.05, 0.1) is 12.1 Å². The summed E-state index contributed by atoms with van der Waals surface area (Å²) >= 11 is 0. The number of rotatable bonds is 10. The van der Waals surface area contributed by atoms with E-state index in [0.717, 1.165) is 25.3 Å². The number of aliphatic carboxylic acids is 1. The predicted octanol–water partition coefficient (Wildman–Crippen LogP) is 0.557. The van der Waals surface area contributed by atoms with E-state index in [9.17, 15) is 19.8 Å². The molecule has 0 bridgehead atoms. The van der Waals surface area contributed by atoms with Crippen LogP contribution >= 0.6 is 0 Å². The van der Waals surface area contributed by atoms with Crippen molar-refractivity contribution in [2.75, 3.05) is 6.61 Å². The number of esters is 1. The van der Waals surface area contributed by atoms with E-state index in [-0.39, 0.29) is 6.61 Å². The minimum absolute atomic E-state index is 0.107. The minimum atomic E-state index is -1.46. The molecule has 104 valence electrons. The molecule has 0 saturated carbocycles. The van der Waals surface area contributed by atoms with Crippen LogP contribution < -0.4 is 5.11 Å². The maximum Gasteiger partial charge on any atom is 0.330 e. The molecule has 0 rings (SSSR count). The number of ether oxygens (including phenoxy) is 1. The van der Waals surface area contributed by atoms with Gasteiger partial charge in [-0.2, -0.15) is 0 Å². The molecule has 18 heavy (non-hydrogen) atoms. The van der Waals surface area contributed by atoms with Gasteiger partial charge in [0.1, 0.15) is 6.61 Å². The van der Waals surface area contributed by atoms with Crippen molar-refractivity contribution in [1.82, 2.24) is 0 Å². The number of carboxylic acids is 1. The Morgan fingerprint density at radius 1 is 1.22 bits per heavy atom. The first kappa shape index (κ1) is 16.6. The summed E-state index contributed by atoms with van der Waals surface area (Å²) in [6, 6.07) is 0. The second-order valence-electron chi connectivity index (χ2n) is 4.14. The van der Waals surface area contributed by atoms with Crippen molar-refractivity contribution < 1.29 is 24.5 Å². The fourth-order valence-electron chi connectivity index (χ4n) is 1.43. The largest absolute Gasteiger partial charge is 0.545 e. The monoisotopic (exact) mass is 257 g/mol. The van der Waals surface area contributed by atoms with Crippen LogP contribution in [0.5, 0.6) is 0 Å². The van der Waals surface area contributed by atoms with Gasteiger partial charge in [0, 0.05) is 6.08 Å². The second kappa shape index (κ2) is 10.8. The van der Waals surface area contributed by atoms with Gasteiger partial charge in [0.2, 0.25) is 0 Å². The highest BCUT2D eigenvalue weighted by atomic mass is 16.5. The molecule has 0 heterocycles. The summed E-state index contributed by atoms with van der Waals surface area (Å²) in [5, 5.41) is 19.5. The average Bonchev–Trinajstić information content (AvgIpc) is 2.33. The molecule has 5 heteroatoms. The quantitative estimate of drug-likeness (QED) is 0.351. The van der Waals surface area contributed by atoms with Crippen LogP contribution in [-0.4, -0.2) is 29.8 Å². The number of aliphatic hydroxyl groups excluding tert-OH is 1. The molecule has 0 aliphatic heterocycles. The Morgan fingerprint density at radius 3 is 2.50 bits per heavy atom. The van der Waals surface area contributed by atoms with E-state index < -0.39 is 18.0 Å². The van der Waals surface area contributed by atoms with Crippen molar-refractivity contribution in [3.8, 4) is 0 Å². The van der Waals surface area contributed by atoms with Crippen LogP contribution in [0, 0.1) is 0 Å². The molecule has 0 spiro atoms. The van der Waals surface area contributed by atoms with Gasteiger partial charge in [-0.05, 0) is 12.5 Å². The third kappa shape index (κ3) is 11.1. The third-order valence-corrected chi connectivity index (χ3v) is 2.41. The molecule has 0 radical (unpaired) electrons. The number of carboxylic acid groups (broad SMARTS) is 1. The lowest BCUT2D eigenvalue weighted by molar-refractivity contribution is -0.297. The topological polar surface area (TPSA) is 86.7 Å². The van der Waals surface area contributed by atoms with E-state index in [1.807, 2.05) is 0 Å². The number of carbonyl (C=O) groups is 2. The summed E-state index contributed by atoms with van der Waals surface area (Å²) in [6.45, 7) is 2.03. The van der Waals surface area contributed by atoms with Gasteiger partial charge < -0.3 is 19.7 Å². The van der Waals surface area contributed by atoms with Crippen LogP contribution in [0.15, 0.2) is 12.2 Å². The summed E-state index contributed by atoms with van der Waals surface area (Å²) in [5.74, 6) is -2.24. The molecule has 0 aromatic carbocycles. The molecular formula is C13H21O5-. The molecule has 0 aliphatic carbocycles. The van der Waals surface area contributed by atoms with Crippen LogP contribution in [0.1, 0.15) is 45.4 Å². The molecule has 0 aliphatic rings. The van der Waals surface area contributed by atoms with Gasteiger partial charge in [0.15, 0.2) is 0 Å². The van der Waals surface area contributed by atoms with Crippen molar-refractivity contribution in [3.63, 3.8) is 0 Å². The van der Waals surface area contributed by atoms with Gasteiger partial charge in [-0.3, -0.25) is 0 Å². The molecule has 0 aromatic rings. The molecule has 0 saturated heterocycles. The normalized spacial score (nSPS) is 12.6. The van der Waals surface area contributed by atoms with E-state index in [0.29, 0.717) is 12.5 Å². The molecule has 1 atom stereocenters. The van der Waals surface area contributed by atoms with Crippen LogP contribution in [0.4, 0.5) is 0 Å². The molecular weight excluding hydrogens is 236 g/mol. The van der Waals surface area contributed by atoms with Crippen molar-refractivity contribution in [2.45, 2.75) is 51.6 Å². The second-order valence-corrected chi connectivity index (χ2v) is 4.14. The van der Waals surface area contributed by atoms with Gasteiger partial charge in [-0.15, -0.1) is 0 Å². The lowest BCUT2D eigenvalue weighted by Gasteiger charge is -2.10. The summed E-state index contributed by atoms with van der Waals surface area (Å²) in [6.07, 6.45) is 6.73. The number of hydrogen-bond donors (Lipinski definition) is 1. The maximum absolute atomic E-state index is 11.0. The number of carbonyl (C=O) groups excluding carboxylic acids is 2. The number of hydrogen-bond acceptors (Lipinski definition) is 5. The first-order valence-corrected chi connectivity index (χ1v) is 6.30. The number of aliphatic hydroxyl groups is 1. The summed E-state index contributed by atoms with van der Waals surface area (Å²) in [4.78, 5) is 21.0. The van der Waals surface area contributed by atoms with Gasteiger partial charge >= 0.3 is 5.97 Å². The zero-order chi connectivity index (χ0) is 13.8. The third-order valence-electron chi connectivity index (χ3n) is 2.41. The van der Waals surface area contributed by atoms with Crippen LogP contribution in [0.3, 0.4) is 0 Å². The van der Waals surface area contributed by atoms with Gasteiger partial charge in [-0.1, -0.05) is 39.0 Å². The average molecular weight is 257 g/mol. The minimum Gasteiger partial charge on any atom is -0.545 e. The van der Waals surface area contributed by atoms with E-state index in [4.69, 9.17) is 0 Å². The Hall–Kier alpha value is -1.36. The standard InChI is InChI=1S/C13H22O5/c1-2-3-4-5-6-7-11(14)10-18-13(17)9-8-12(15)16/h8-9,11,14H,2-7,10H2,1H3,(H,15,16)/p-1. The van der Waals surface area contributed by atoms with Crippen molar-refractivity contribution >= 4 is 11.9 Å². The predicted molar refractivity (Wildman–Crippen MR) is 64.5 cm³/mol. The molecule has 0 fully saturated rings. The maximum atomic E-state index is 11.0. The van der Waals surface area contributed by atoms with Crippen LogP contribution in [0.2, 0.25) is 0 Å². The van der Waals surface area contributed by atoms with Crippen molar-refractivity contribution in [1.29, 1.82) is 0 Å². The van der Waals surface area contributed by atoms with Gasteiger partial charge in [0.25, 0.3) is 0 Å². The number of unbranched alkanes of at least 4 members (excludes halogenated alkanes) is 4. The smallest absolute Gasteiger partial charge is 0.330 e. The van der Waals surface area contributed by atoms with E-state index in [1.165, 1.54) is 12.8 Å². The summed E-state index contributed by atoms with van der Waals surface area (Å²) < 4.78 is 4.67. The lowest BCUT2D eigenvalue weighted by Crippen LogP contribution is -2.20. The SMILES string of the molecule is CCCCCCCC(O)COC(=O)C=CC(=O)[O-]. The molecule has 1 unspecified atom stereocenters. The van der Waals surface area contributed by atoms with Crippen LogP contribution in [-0.2, 0) is 14.3 Å².